The zero-order chi connectivity index (χ0) is 24.6. The van der Waals surface area contributed by atoms with Crippen LogP contribution >= 0.6 is 0 Å². The van der Waals surface area contributed by atoms with Gasteiger partial charge in [-0.15, -0.1) is 0 Å². The van der Waals surface area contributed by atoms with Crippen molar-refractivity contribution in [3.8, 4) is 22.6 Å². The molecule has 0 unspecified atom stereocenters. The van der Waals surface area contributed by atoms with E-state index >= 15 is 0 Å². The van der Waals surface area contributed by atoms with Gasteiger partial charge >= 0.3 is 0 Å². The van der Waals surface area contributed by atoms with E-state index in [9.17, 15) is 4.79 Å². The van der Waals surface area contributed by atoms with Gasteiger partial charge in [0.25, 0.3) is 0 Å². The number of morpholine rings is 1. The first-order valence-corrected chi connectivity index (χ1v) is 12.3. The largest absolute Gasteiger partial charge is 0.375 e. The van der Waals surface area contributed by atoms with E-state index in [0.717, 1.165) is 52.5 Å². The zero-order valence-electron chi connectivity index (χ0n) is 20.4. The Morgan fingerprint density at radius 3 is 2.72 bits per heavy atom. The van der Waals surface area contributed by atoms with Gasteiger partial charge in [0.2, 0.25) is 5.91 Å². The molecule has 6 heterocycles. The fourth-order valence-electron chi connectivity index (χ4n) is 5.98. The van der Waals surface area contributed by atoms with Crippen molar-refractivity contribution in [1.82, 2.24) is 34.4 Å². The highest BCUT2D eigenvalue weighted by Gasteiger charge is 2.55. The van der Waals surface area contributed by atoms with Crippen LogP contribution in [0.2, 0.25) is 0 Å². The van der Waals surface area contributed by atoms with Crippen LogP contribution in [-0.4, -0.2) is 65.6 Å². The Bertz CT molecular complexity index is 1530. The van der Waals surface area contributed by atoms with Crippen molar-refractivity contribution in [2.75, 3.05) is 18.5 Å². The number of benzene rings is 1. The van der Waals surface area contributed by atoms with Gasteiger partial charge in [0.1, 0.15) is 34.7 Å². The van der Waals surface area contributed by atoms with Crippen molar-refractivity contribution < 1.29 is 9.53 Å². The number of aromatic nitrogens is 6. The Morgan fingerprint density at radius 1 is 1.17 bits per heavy atom. The summed E-state index contributed by atoms with van der Waals surface area (Å²) < 4.78 is 7.86. The van der Waals surface area contributed by atoms with E-state index < -0.39 is 5.54 Å². The highest BCUT2D eigenvalue weighted by Crippen LogP contribution is 2.47. The van der Waals surface area contributed by atoms with Gasteiger partial charge in [-0.2, -0.15) is 0 Å². The Hall–Kier alpha value is -3.76. The highest BCUT2D eigenvalue weighted by molar-refractivity contribution is 6.06. The third kappa shape index (κ3) is 2.91. The number of ether oxygens (including phenoxy) is 1. The van der Waals surface area contributed by atoms with Gasteiger partial charge < -0.3 is 14.6 Å². The second-order valence-corrected chi connectivity index (χ2v) is 9.88. The molecule has 0 saturated carbocycles. The van der Waals surface area contributed by atoms with Crippen LogP contribution < -0.4 is 5.32 Å². The average Bonchev–Trinajstić information content (AvgIpc) is 3.66. The maximum Gasteiger partial charge on any atom is 0.249 e. The van der Waals surface area contributed by atoms with Gasteiger partial charge in [0.15, 0.2) is 5.65 Å². The quantitative estimate of drug-likeness (QED) is 0.473. The van der Waals surface area contributed by atoms with Crippen LogP contribution in [-0.2, 0) is 21.6 Å². The molecule has 3 atom stereocenters. The Balaban J connectivity index is 1.37. The maximum absolute atomic E-state index is 13.3. The number of hydrogen-bond donors (Lipinski definition) is 1. The number of hydrogen-bond acceptors (Lipinski definition) is 8. The minimum absolute atomic E-state index is 0.00644. The molecule has 182 valence electrons. The minimum atomic E-state index is -0.756. The predicted octanol–water partition coefficient (Wildman–Crippen LogP) is 2.92. The number of imidazole rings is 1. The fraction of sp³-hybridized carbons (Fsp3) is 0.385. The van der Waals surface area contributed by atoms with Crippen molar-refractivity contribution in [1.29, 1.82) is 0 Å². The zero-order valence-corrected chi connectivity index (χ0v) is 20.4. The summed E-state index contributed by atoms with van der Waals surface area (Å²) in [6, 6.07) is 6.30. The van der Waals surface area contributed by atoms with Crippen LogP contribution in [0, 0.1) is 6.92 Å². The first-order chi connectivity index (χ1) is 17.5. The summed E-state index contributed by atoms with van der Waals surface area (Å²) >= 11 is 0. The number of carbonyl (C=O) groups is 1. The fourth-order valence-corrected chi connectivity index (χ4v) is 5.98. The van der Waals surface area contributed by atoms with Crippen molar-refractivity contribution in [2.45, 2.75) is 51.4 Å². The van der Waals surface area contributed by atoms with E-state index in [2.05, 4.69) is 47.7 Å². The van der Waals surface area contributed by atoms with Gasteiger partial charge in [-0.05, 0) is 39.3 Å². The number of fused-ring (bicyclic) bond motifs is 4. The molecular weight excluding hydrogens is 456 g/mol. The molecule has 1 N–H and O–H groups in total. The van der Waals surface area contributed by atoms with Crippen LogP contribution in [0.25, 0.3) is 33.8 Å². The molecule has 4 aromatic rings. The first kappa shape index (κ1) is 21.5. The number of aryl methyl sites for hydroxylation is 2. The van der Waals surface area contributed by atoms with Gasteiger partial charge in [-0.3, -0.25) is 9.69 Å². The summed E-state index contributed by atoms with van der Waals surface area (Å²) in [6.07, 6.45) is 6.33. The number of likely N-dealkylation sites (tertiary alicyclic amines) is 1. The third-order valence-corrected chi connectivity index (χ3v) is 7.87. The van der Waals surface area contributed by atoms with Crippen molar-refractivity contribution in [3.05, 3.63) is 48.3 Å². The molecule has 2 fully saturated rings. The summed E-state index contributed by atoms with van der Waals surface area (Å²) in [6.45, 7) is 8.07. The van der Waals surface area contributed by atoms with Crippen LogP contribution in [0.5, 0.6) is 0 Å². The molecule has 10 nitrogen and oxygen atoms in total. The van der Waals surface area contributed by atoms with E-state index in [1.165, 1.54) is 0 Å². The van der Waals surface area contributed by atoms with E-state index in [0.29, 0.717) is 24.5 Å². The molecule has 3 aliphatic heterocycles. The normalized spacial score (nSPS) is 25.0. The first-order valence-electron chi connectivity index (χ1n) is 12.3. The lowest BCUT2D eigenvalue weighted by molar-refractivity contribution is -0.130. The van der Waals surface area contributed by atoms with E-state index in [4.69, 9.17) is 9.72 Å². The number of nitrogens with one attached hydrogen (secondary N) is 1. The molecule has 7 rings (SSSR count). The summed E-state index contributed by atoms with van der Waals surface area (Å²) in [4.78, 5) is 38.5. The highest BCUT2D eigenvalue weighted by atomic mass is 16.5. The van der Waals surface area contributed by atoms with Crippen LogP contribution in [0.3, 0.4) is 0 Å². The van der Waals surface area contributed by atoms with Gasteiger partial charge in [-0.25, -0.2) is 24.9 Å². The van der Waals surface area contributed by atoms with Crippen LogP contribution in [0.4, 0.5) is 5.69 Å². The lowest BCUT2D eigenvalue weighted by Crippen LogP contribution is -2.53. The average molecular weight is 483 g/mol. The maximum atomic E-state index is 13.3. The number of anilines is 1. The second kappa shape index (κ2) is 7.62. The Morgan fingerprint density at radius 2 is 2.00 bits per heavy atom. The lowest BCUT2D eigenvalue weighted by Gasteiger charge is -2.39. The smallest absolute Gasteiger partial charge is 0.249 e. The molecule has 1 amide bonds. The van der Waals surface area contributed by atoms with Crippen molar-refractivity contribution in [3.63, 3.8) is 0 Å². The molecule has 2 bridgehead atoms. The standard InChI is InChI=1S/C26H26N8O2/c1-4-33-23(16-9-27-14(2)28-10-16)32-22-21(29-13-30-24(22)33)15-5-6-20-19(7-15)26(3,25(35)31-20)34-11-18-8-17(34)12-36-18/h5-7,9-10,13,17-18H,4,8,11-12H2,1-3H3,(H,31,35)/t17-,18-,26-/m1/s1. The third-order valence-electron chi connectivity index (χ3n) is 7.87. The SMILES string of the molecule is CCn1c(-c2cnc(C)nc2)nc2c(-c3ccc4c(c3)[C@@](C)(N3C[C@H]5C[C@@H]3CO5)C(=O)N4)ncnc21. The Kier molecular flexibility index (Phi) is 4.55. The molecule has 36 heavy (non-hydrogen) atoms. The summed E-state index contributed by atoms with van der Waals surface area (Å²) in [5.41, 5.74) is 4.98. The molecule has 0 aliphatic carbocycles. The summed E-state index contributed by atoms with van der Waals surface area (Å²) in [5, 5.41) is 3.10. The Labute approximate surface area is 207 Å². The predicted molar refractivity (Wildman–Crippen MR) is 133 cm³/mol. The van der Waals surface area contributed by atoms with Crippen LogP contribution in [0.1, 0.15) is 31.7 Å². The second-order valence-electron chi connectivity index (χ2n) is 9.88. The lowest BCUT2D eigenvalue weighted by atomic mass is 9.89. The van der Waals surface area contributed by atoms with Gasteiger partial charge in [0.05, 0.1) is 18.3 Å². The topological polar surface area (TPSA) is 111 Å². The molecule has 0 radical (unpaired) electrons. The van der Waals surface area contributed by atoms with Gasteiger partial charge in [0, 0.05) is 48.3 Å². The molecule has 0 spiro atoms. The molecule has 3 aromatic heterocycles. The minimum Gasteiger partial charge on any atom is -0.375 e. The van der Waals surface area contributed by atoms with Crippen molar-refractivity contribution >= 4 is 22.8 Å². The number of amides is 1. The van der Waals surface area contributed by atoms with Gasteiger partial charge in [-0.1, -0.05) is 6.07 Å². The van der Waals surface area contributed by atoms with E-state index in [1.54, 1.807) is 18.7 Å². The van der Waals surface area contributed by atoms with Crippen molar-refractivity contribution in [2.24, 2.45) is 0 Å². The molecule has 2 saturated heterocycles. The number of carbonyl (C=O) groups excluding carboxylic acids is 1. The monoisotopic (exact) mass is 482 g/mol. The van der Waals surface area contributed by atoms with Crippen LogP contribution in [0.15, 0.2) is 36.9 Å². The summed E-state index contributed by atoms with van der Waals surface area (Å²) in [7, 11) is 0. The molecule has 10 heteroatoms. The summed E-state index contributed by atoms with van der Waals surface area (Å²) in [5.74, 6) is 1.47. The van der Waals surface area contributed by atoms with E-state index in [1.807, 2.05) is 26.0 Å². The number of rotatable bonds is 4. The number of nitrogens with zero attached hydrogens (tertiary/aromatic N) is 7. The molecule has 1 aromatic carbocycles. The molecule has 3 aliphatic rings. The van der Waals surface area contributed by atoms with E-state index in [-0.39, 0.29) is 18.1 Å². The molecular formula is C26H26N8O2.